The molecule has 1 aromatic carbocycles. The first-order chi connectivity index (χ1) is 9.86. The summed E-state index contributed by atoms with van der Waals surface area (Å²) in [5, 5.41) is 2.60. The summed E-state index contributed by atoms with van der Waals surface area (Å²) >= 11 is 11.4. The van der Waals surface area contributed by atoms with Crippen LogP contribution in [0.1, 0.15) is 20.7 Å². The highest BCUT2D eigenvalue weighted by Crippen LogP contribution is 2.18. The van der Waals surface area contributed by atoms with Crippen LogP contribution in [-0.2, 0) is 0 Å². The number of amides is 2. The Bertz CT molecular complexity index is 717. The predicted octanol–water partition coefficient (Wildman–Crippen LogP) is 2.88. The maximum atomic E-state index is 13.3. The molecule has 0 atom stereocenters. The van der Waals surface area contributed by atoms with Gasteiger partial charge < -0.3 is 11.1 Å². The van der Waals surface area contributed by atoms with Crippen LogP contribution in [0, 0.1) is 5.82 Å². The number of rotatable bonds is 3. The van der Waals surface area contributed by atoms with E-state index in [0.717, 1.165) is 12.1 Å². The van der Waals surface area contributed by atoms with Crippen LogP contribution in [0.15, 0.2) is 30.3 Å². The van der Waals surface area contributed by atoms with Gasteiger partial charge in [0, 0.05) is 11.3 Å². The Hall–Kier alpha value is -2.18. The third kappa shape index (κ3) is 3.68. The van der Waals surface area contributed by atoms with Crippen molar-refractivity contribution >= 4 is 40.7 Å². The fourth-order valence-electron chi connectivity index (χ4n) is 1.59. The largest absolute Gasteiger partial charge is 0.366 e. The van der Waals surface area contributed by atoms with Gasteiger partial charge in [0.1, 0.15) is 16.1 Å². The molecule has 0 spiro atoms. The fourth-order valence-corrected chi connectivity index (χ4v) is 2.05. The van der Waals surface area contributed by atoms with Crippen molar-refractivity contribution in [1.82, 2.24) is 4.98 Å². The standard InChI is InChI=1S/C13H8Cl2FN3O2/c14-10-3-6(4-11(15)19-10)13(21)18-7-1-2-9(16)8(5-7)12(17)20/h1-5H,(H2,17,20)(H,18,21). The number of nitrogens with two attached hydrogens (primary N) is 1. The van der Waals surface area contributed by atoms with Crippen molar-refractivity contribution < 1.29 is 14.0 Å². The van der Waals surface area contributed by atoms with Crippen molar-refractivity contribution in [2.24, 2.45) is 5.73 Å². The number of benzene rings is 1. The van der Waals surface area contributed by atoms with Gasteiger partial charge in [-0.25, -0.2) is 9.37 Å². The molecule has 3 N–H and O–H groups in total. The number of nitrogens with one attached hydrogen (secondary N) is 1. The summed E-state index contributed by atoms with van der Waals surface area (Å²) in [5.74, 6) is -2.24. The number of carbonyl (C=O) groups is 2. The highest BCUT2D eigenvalue weighted by Gasteiger charge is 2.12. The van der Waals surface area contributed by atoms with Crippen LogP contribution in [0.3, 0.4) is 0 Å². The topological polar surface area (TPSA) is 85.1 Å². The first-order valence-corrected chi connectivity index (χ1v) is 6.36. The quantitative estimate of drug-likeness (QED) is 0.850. The molecule has 0 unspecified atom stereocenters. The van der Waals surface area contributed by atoms with E-state index >= 15 is 0 Å². The average molecular weight is 328 g/mol. The minimum Gasteiger partial charge on any atom is -0.366 e. The minimum atomic E-state index is -0.932. The van der Waals surface area contributed by atoms with E-state index in [1.807, 2.05) is 0 Å². The van der Waals surface area contributed by atoms with E-state index in [0.29, 0.717) is 0 Å². The number of pyridine rings is 1. The molecule has 0 saturated heterocycles. The average Bonchev–Trinajstić information content (AvgIpc) is 2.39. The first-order valence-electron chi connectivity index (χ1n) is 5.60. The molecule has 0 bridgehead atoms. The third-order valence-corrected chi connectivity index (χ3v) is 2.90. The number of halogens is 3. The summed E-state index contributed by atoms with van der Waals surface area (Å²) < 4.78 is 13.3. The maximum absolute atomic E-state index is 13.3. The van der Waals surface area contributed by atoms with E-state index in [2.05, 4.69) is 10.3 Å². The van der Waals surface area contributed by atoms with Crippen molar-refractivity contribution in [2.45, 2.75) is 0 Å². The van der Waals surface area contributed by atoms with Crippen LogP contribution in [0.5, 0.6) is 0 Å². The first kappa shape index (κ1) is 15.2. The van der Waals surface area contributed by atoms with Gasteiger partial charge in [-0.1, -0.05) is 23.2 Å². The highest BCUT2D eigenvalue weighted by molar-refractivity contribution is 6.33. The van der Waals surface area contributed by atoms with Crippen LogP contribution < -0.4 is 11.1 Å². The Morgan fingerprint density at radius 2 is 1.76 bits per heavy atom. The number of hydrogen-bond donors (Lipinski definition) is 2. The van der Waals surface area contributed by atoms with Gasteiger partial charge in [0.25, 0.3) is 11.8 Å². The Morgan fingerprint density at radius 3 is 2.33 bits per heavy atom. The molecule has 0 saturated carbocycles. The number of anilines is 1. The summed E-state index contributed by atoms with van der Waals surface area (Å²) in [5.41, 5.74) is 5.09. The highest BCUT2D eigenvalue weighted by atomic mass is 35.5. The van der Waals surface area contributed by atoms with Gasteiger partial charge in [-0.15, -0.1) is 0 Å². The molecular formula is C13H8Cl2FN3O2. The van der Waals surface area contributed by atoms with Gasteiger partial charge in [-0.2, -0.15) is 0 Å². The number of aromatic nitrogens is 1. The van der Waals surface area contributed by atoms with Gasteiger partial charge in [0.2, 0.25) is 0 Å². The molecule has 2 rings (SSSR count). The van der Waals surface area contributed by atoms with Crippen molar-refractivity contribution in [3.63, 3.8) is 0 Å². The van der Waals surface area contributed by atoms with E-state index in [9.17, 15) is 14.0 Å². The Kier molecular flexibility index (Phi) is 4.40. The van der Waals surface area contributed by atoms with E-state index in [1.165, 1.54) is 18.2 Å². The second kappa shape index (κ2) is 6.07. The summed E-state index contributed by atoms with van der Waals surface area (Å²) in [4.78, 5) is 26.8. The van der Waals surface area contributed by atoms with Crippen molar-refractivity contribution in [1.29, 1.82) is 0 Å². The summed E-state index contributed by atoms with van der Waals surface area (Å²) in [7, 11) is 0. The van der Waals surface area contributed by atoms with Gasteiger partial charge in [0.05, 0.1) is 5.56 Å². The SMILES string of the molecule is NC(=O)c1cc(NC(=O)c2cc(Cl)nc(Cl)c2)ccc1F. The molecule has 21 heavy (non-hydrogen) atoms. The summed E-state index contributed by atoms with van der Waals surface area (Å²) in [6.07, 6.45) is 0. The zero-order chi connectivity index (χ0) is 15.6. The van der Waals surface area contributed by atoms with Crippen molar-refractivity contribution in [3.05, 3.63) is 57.6 Å². The predicted molar refractivity (Wildman–Crippen MR) is 77.1 cm³/mol. The lowest BCUT2D eigenvalue weighted by Gasteiger charge is -2.07. The summed E-state index contributed by atoms with van der Waals surface area (Å²) in [6.45, 7) is 0. The Labute approximate surface area is 128 Å². The van der Waals surface area contributed by atoms with Crippen LogP contribution in [0.2, 0.25) is 10.3 Å². The molecular weight excluding hydrogens is 320 g/mol. The van der Waals surface area contributed by atoms with Crippen LogP contribution in [-0.4, -0.2) is 16.8 Å². The molecule has 0 aliphatic carbocycles. The van der Waals surface area contributed by atoms with Gasteiger partial charge >= 0.3 is 0 Å². The molecule has 0 aliphatic rings. The number of primary amides is 1. The molecule has 0 aliphatic heterocycles. The van der Waals surface area contributed by atoms with E-state index in [4.69, 9.17) is 28.9 Å². The van der Waals surface area contributed by atoms with E-state index in [-0.39, 0.29) is 27.1 Å². The molecule has 2 aromatic rings. The fraction of sp³-hybridized carbons (Fsp3) is 0. The lowest BCUT2D eigenvalue weighted by Crippen LogP contribution is -2.16. The molecule has 8 heteroatoms. The zero-order valence-corrected chi connectivity index (χ0v) is 11.9. The summed E-state index contributed by atoms with van der Waals surface area (Å²) in [6, 6.07) is 6.11. The van der Waals surface area contributed by atoms with Gasteiger partial charge in [-0.05, 0) is 30.3 Å². The monoisotopic (exact) mass is 327 g/mol. The lowest BCUT2D eigenvalue weighted by molar-refractivity contribution is 0.0992. The Morgan fingerprint density at radius 1 is 1.14 bits per heavy atom. The smallest absolute Gasteiger partial charge is 0.255 e. The number of nitrogens with zero attached hydrogens (tertiary/aromatic N) is 1. The second-order valence-electron chi connectivity index (χ2n) is 4.01. The molecule has 2 amide bonds. The second-order valence-corrected chi connectivity index (χ2v) is 4.79. The molecule has 5 nitrogen and oxygen atoms in total. The molecule has 1 heterocycles. The number of hydrogen-bond acceptors (Lipinski definition) is 3. The van der Waals surface area contributed by atoms with Crippen LogP contribution in [0.4, 0.5) is 10.1 Å². The molecule has 1 aromatic heterocycles. The minimum absolute atomic E-state index is 0.0598. The van der Waals surface area contributed by atoms with Crippen molar-refractivity contribution in [2.75, 3.05) is 5.32 Å². The molecule has 0 fully saturated rings. The molecule has 108 valence electrons. The lowest BCUT2D eigenvalue weighted by atomic mass is 10.1. The zero-order valence-electron chi connectivity index (χ0n) is 10.4. The third-order valence-electron chi connectivity index (χ3n) is 2.51. The van der Waals surface area contributed by atoms with E-state index < -0.39 is 17.6 Å². The van der Waals surface area contributed by atoms with Crippen molar-refractivity contribution in [3.8, 4) is 0 Å². The van der Waals surface area contributed by atoms with E-state index in [1.54, 1.807) is 0 Å². The van der Waals surface area contributed by atoms with Crippen LogP contribution >= 0.6 is 23.2 Å². The van der Waals surface area contributed by atoms with Crippen LogP contribution in [0.25, 0.3) is 0 Å². The molecule has 0 radical (unpaired) electrons. The van der Waals surface area contributed by atoms with Gasteiger partial charge in [-0.3, -0.25) is 9.59 Å². The normalized spacial score (nSPS) is 10.2. The van der Waals surface area contributed by atoms with Gasteiger partial charge in [0.15, 0.2) is 0 Å². The Balaban J connectivity index is 2.27. The number of carbonyl (C=O) groups excluding carboxylic acids is 2. The maximum Gasteiger partial charge on any atom is 0.255 e.